The highest BCUT2D eigenvalue weighted by Crippen LogP contribution is 2.28. The van der Waals surface area contributed by atoms with Crippen LogP contribution < -0.4 is 4.90 Å². The van der Waals surface area contributed by atoms with Crippen LogP contribution in [0.25, 0.3) is 15.9 Å². The molecule has 0 unspecified atom stereocenters. The molecule has 1 aliphatic rings. The number of carbonyl (C=O) groups is 1. The van der Waals surface area contributed by atoms with Gasteiger partial charge in [0.1, 0.15) is 19.1 Å². The van der Waals surface area contributed by atoms with E-state index in [0.717, 1.165) is 0 Å². The minimum Gasteiger partial charge on any atom is -0.354 e. The van der Waals surface area contributed by atoms with Gasteiger partial charge in [0, 0.05) is 27.7 Å². The summed E-state index contributed by atoms with van der Waals surface area (Å²) < 4.78 is 25.6. The van der Waals surface area contributed by atoms with Crippen LogP contribution in [0.5, 0.6) is 0 Å². The van der Waals surface area contributed by atoms with Gasteiger partial charge in [0.15, 0.2) is 0 Å². The predicted octanol–water partition coefficient (Wildman–Crippen LogP) is 1.55. The molecule has 0 spiro atoms. The van der Waals surface area contributed by atoms with E-state index in [1.807, 2.05) is 0 Å². The molecule has 3 heterocycles. The number of H-pyrrole nitrogens is 1. The molecule has 120 valence electrons. The molecule has 1 aliphatic heterocycles. The predicted molar refractivity (Wildman–Crippen MR) is 87.9 cm³/mol. The first-order valence-electron chi connectivity index (χ1n) is 8.86. The van der Waals surface area contributed by atoms with Crippen LogP contribution in [0, 0.1) is 12.5 Å². The van der Waals surface area contributed by atoms with E-state index >= 15 is 0 Å². The van der Waals surface area contributed by atoms with Crippen molar-refractivity contribution >= 4 is 22.8 Å². The smallest absolute Gasteiger partial charge is 0.302 e. The Kier molecular flexibility index (Phi) is 3.23. The molecule has 3 rings (SSSR count). The molecule has 1 N–H and O–H groups in total. The highest BCUT2D eigenvalue weighted by Gasteiger charge is 2.33. The van der Waals surface area contributed by atoms with Gasteiger partial charge in [-0.1, -0.05) is 6.92 Å². The molecule has 1 amide bonds. The Morgan fingerprint density at radius 3 is 3.30 bits per heavy atom. The third kappa shape index (κ3) is 2.84. The number of anilines is 1. The molecule has 7 nitrogen and oxygen atoms in total. The number of nitrogens with zero attached hydrogens (tertiary/aromatic N) is 5. The lowest BCUT2D eigenvalue weighted by atomic mass is 9.92. The fourth-order valence-electron chi connectivity index (χ4n) is 2.81. The number of piperidine rings is 1. The van der Waals surface area contributed by atoms with Crippen LogP contribution in [0.15, 0.2) is 18.6 Å². The molecule has 7 heteroatoms. The van der Waals surface area contributed by atoms with Gasteiger partial charge >= 0.3 is 5.91 Å². The number of aromatic amines is 1. The molecule has 2 atom stereocenters. The number of fused-ring (bicyclic) bond motifs is 1. The second-order valence-corrected chi connectivity index (χ2v) is 5.55. The Balaban J connectivity index is 2.03. The number of aromatic nitrogens is 3. The Morgan fingerprint density at radius 2 is 2.52 bits per heavy atom. The summed E-state index contributed by atoms with van der Waals surface area (Å²) in [6.45, 7) is 8.62. The Morgan fingerprint density at radius 1 is 1.70 bits per heavy atom. The van der Waals surface area contributed by atoms with Crippen LogP contribution in [0.3, 0.4) is 0 Å². The van der Waals surface area contributed by atoms with Crippen molar-refractivity contribution in [2.75, 3.05) is 31.6 Å². The second kappa shape index (κ2) is 6.24. The van der Waals surface area contributed by atoms with Crippen LogP contribution in [0.4, 0.5) is 5.82 Å². The molecule has 1 fully saturated rings. The first kappa shape index (κ1) is 11.9. The van der Waals surface area contributed by atoms with Crippen molar-refractivity contribution in [2.24, 2.45) is 5.89 Å². The van der Waals surface area contributed by atoms with Gasteiger partial charge in [-0.15, -0.1) is 0 Å². The summed E-state index contributed by atoms with van der Waals surface area (Å²) in [7, 11) is 1.65. The highest BCUT2D eigenvalue weighted by atomic mass is 16.2. The maximum Gasteiger partial charge on any atom is 0.302 e. The van der Waals surface area contributed by atoms with Crippen molar-refractivity contribution < 1.29 is 8.91 Å². The lowest BCUT2D eigenvalue weighted by Crippen LogP contribution is -2.53. The summed E-state index contributed by atoms with van der Waals surface area (Å²) >= 11 is 0. The van der Waals surface area contributed by atoms with Gasteiger partial charge in [0.25, 0.3) is 6.54 Å². The summed E-state index contributed by atoms with van der Waals surface area (Å²) in [5.41, 5.74) is 0.485. The summed E-state index contributed by atoms with van der Waals surface area (Å²) in [4.78, 5) is 29.4. The number of hydrogen-bond acceptors (Lipinski definition) is 4. The normalized spacial score (nSPS) is 29.4. The third-order valence-electron chi connectivity index (χ3n) is 4.16. The molecular weight excluding hydrogens is 292 g/mol. The van der Waals surface area contributed by atoms with Crippen LogP contribution in [-0.2, 0) is 4.79 Å². The van der Waals surface area contributed by atoms with Gasteiger partial charge in [0.2, 0.25) is 0 Å². The molecule has 23 heavy (non-hydrogen) atoms. The van der Waals surface area contributed by atoms with Crippen LogP contribution in [-0.4, -0.2) is 58.5 Å². The van der Waals surface area contributed by atoms with Gasteiger partial charge in [-0.3, -0.25) is 4.79 Å². The van der Waals surface area contributed by atoms with Crippen molar-refractivity contribution in [1.29, 1.82) is 0 Å². The maximum absolute atomic E-state index is 12.2. The molecule has 0 radical (unpaired) electrons. The molecule has 2 aromatic heterocycles. The molecule has 0 saturated carbocycles. The van der Waals surface area contributed by atoms with Crippen molar-refractivity contribution in [3.63, 3.8) is 0 Å². The number of likely N-dealkylation sites (N-methyl/N-ethyl adjacent to an activating group) is 1. The van der Waals surface area contributed by atoms with E-state index in [4.69, 9.17) is 10.7 Å². The summed E-state index contributed by atoms with van der Waals surface area (Å²) in [5.74, 6) is -1.14. The largest absolute Gasteiger partial charge is 0.354 e. The van der Waals surface area contributed by atoms with E-state index in [9.17, 15) is 4.79 Å². The van der Waals surface area contributed by atoms with Gasteiger partial charge in [-0.05, 0) is 18.4 Å². The zero-order valence-corrected chi connectivity index (χ0v) is 13.1. The van der Waals surface area contributed by atoms with Crippen molar-refractivity contribution in [1.82, 2.24) is 19.9 Å². The Labute approximate surface area is 139 Å². The molecular formula is C16H20N6O. The van der Waals surface area contributed by atoms with Gasteiger partial charge < -0.3 is 19.6 Å². The highest BCUT2D eigenvalue weighted by molar-refractivity contribution is 5.87. The minimum atomic E-state index is -1.49. The zero-order valence-electron chi connectivity index (χ0n) is 16.1. The molecule has 1 saturated heterocycles. The summed E-state index contributed by atoms with van der Waals surface area (Å²) in [5, 5.41) is 0.649. The number of nitrogens with one attached hydrogen (secondary N) is 1. The molecule has 0 aliphatic carbocycles. The Hall–Kier alpha value is -2.62. The average Bonchev–Trinajstić information content (AvgIpc) is 3.04. The van der Waals surface area contributed by atoms with Crippen molar-refractivity contribution in [3.8, 4) is 0 Å². The van der Waals surface area contributed by atoms with Crippen LogP contribution >= 0.6 is 0 Å². The molecule has 0 bridgehead atoms. The van der Waals surface area contributed by atoms with E-state index in [1.54, 1.807) is 31.1 Å². The summed E-state index contributed by atoms with van der Waals surface area (Å²) in [6.07, 6.45) is 1.80. The number of amides is 1. The van der Waals surface area contributed by atoms with Crippen molar-refractivity contribution in [2.45, 2.75) is 19.4 Å². The standard InChI is InChI=1S/C16H20N6O/c1-11-5-7-22(14(23)8-17-2)9-13(11)21(3)16-12-4-6-18-15(12)19-10-20-16/h4,6,10-11,13H,5,7-9H2,1,3H3,(H,18,19,20)/t11-,13+/m1/s1/i10D,11D,13D. The van der Waals surface area contributed by atoms with E-state index in [0.29, 0.717) is 29.8 Å². The average molecular weight is 315 g/mol. The lowest BCUT2D eigenvalue weighted by molar-refractivity contribution is -0.130. The first-order valence-corrected chi connectivity index (χ1v) is 7.36. The number of likely N-dealkylation sites (tertiary alicyclic amines) is 1. The minimum absolute atomic E-state index is 0.0128. The quantitative estimate of drug-likeness (QED) is 0.873. The summed E-state index contributed by atoms with van der Waals surface area (Å²) in [6, 6.07) is 0.268. The van der Waals surface area contributed by atoms with E-state index in [2.05, 4.69) is 19.8 Å². The molecule has 2 aromatic rings. The topological polar surface area (TPSA) is 69.5 Å². The van der Waals surface area contributed by atoms with Gasteiger partial charge in [0.05, 0.1) is 12.8 Å². The number of carbonyl (C=O) groups excluding carboxylic acids is 1. The van der Waals surface area contributed by atoms with E-state index in [-0.39, 0.29) is 25.3 Å². The SMILES string of the molecule is [2H]c1nc(N(C)[C@@]2([2H])CN(C(=O)C[N+]#[C-])CC[C@@]2([2H])C)c2cc[nH]c2n1. The third-order valence-corrected chi connectivity index (χ3v) is 4.16. The van der Waals surface area contributed by atoms with E-state index < -0.39 is 11.9 Å². The number of rotatable bonds is 3. The lowest BCUT2D eigenvalue weighted by Gasteiger charge is -2.41. The second-order valence-electron chi connectivity index (χ2n) is 5.55. The van der Waals surface area contributed by atoms with Gasteiger partial charge in [-0.25, -0.2) is 16.5 Å². The zero-order chi connectivity index (χ0) is 19.1. The monoisotopic (exact) mass is 315 g/mol. The van der Waals surface area contributed by atoms with Gasteiger partial charge in [-0.2, -0.15) is 0 Å². The molecule has 0 aromatic carbocycles. The van der Waals surface area contributed by atoms with Crippen LogP contribution in [0.1, 0.15) is 17.5 Å². The first-order chi connectivity index (χ1) is 12.2. The Bertz CT molecular complexity index is 892. The van der Waals surface area contributed by atoms with E-state index in [1.165, 1.54) is 4.90 Å². The fraction of sp³-hybridized carbons (Fsp3) is 0.500. The van der Waals surface area contributed by atoms with Crippen molar-refractivity contribution in [3.05, 3.63) is 30.0 Å². The fourth-order valence-corrected chi connectivity index (χ4v) is 2.81. The number of hydrogen-bond donors (Lipinski definition) is 1. The maximum atomic E-state index is 12.2. The van der Waals surface area contributed by atoms with Crippen LogP contribution in [0.2, 0.25) is 0 Å².